The molecule has 1 aromatic rings. The number of aliphatic hydroxyl groups is 6. The first-order valence-corrected chi connectivity index (χ1v) is 9.25. The molecule has 30 heavy (non-hydrogen) atoms. The van der Waals surface area contributed by atoms with Crippen molar-refractivity contribution in [2.24, 2.45) is 0 Å². The number of hydrogen-bond acceptors (Lipinski definition) is 11. The summed E-state index contributed by atoms with van der Waals surface area (Å²) in [4.78, 5) is 12.3. The van der Waals surface area contributed by atoms with Gasteiger partial charge in [-0.25, -0.2) is 4.79 Å². The summed E-state index contributed by atoms with van der Waals surface area (Å²) in [5.74, 6) is -1.82. The summed E-state index contributed by atoms with van der Waals surface area (Å²) in [6, 6.07) is 8.86. The van der Waals surface area contributed by atoms with Gasteiger partial charge in [-0.15, -0.1) is 0 Å². The number of esters is 1. The summed E-state index contributed by atoms with van der Waals surface area (Å²) < 4.78 is 21.3. The summed E-state index contributed by atoms with van der Waals surface area (Å²) in [5, 5.41) is 58.4. The Balaban J connectivity index is 1.85. The van der Waals surface area contributed by atoms with Crippen LogP contribution in [0, 0.1) is 0 Å². The van der Waals surface area contributed by atoms with Crippen molar-refractivity contribution in [1.29, 1.82) is 0 Å². The number of benzene rings is 1. The molecule has 0 amide bonds. The lowest BCUT2D eigenvalue weighted by molar-refractivity contribution is -0.291. The van der Waals surface area contributed by atoms with Gasteiger partial charge in [0.15, 0.2) is 11.9 Å². The van der Waals surface area contributed by atoms with Crippen LogP contribution in [-0.4, -0.2) is 92.7 Å². The monoisotopic (exact) mass is 428 g/mol. The third-order valence-electron chi connectivity index (χ3n) is 4.76. The smallest absolute Gasteiger partial charge is 0.378 e. The van der Waals surface area contributed by atoms with Crippen LogP contribution in [0.5, 0.6) is 0 Å². The molecule has 2 aliphatic rings. The minimum atomic E-state index is -1.76. The molecule has 1 aromatic carbocycles. The molecule has 11 heteroatoms. The van der Waals surface area contributed by atoms with Crippen molar-refractivity contribution in [2.75, 3.05) is 13.2 Å². The van der Waals surface area contributed by atoms with Crippen molar-refractivity contribution in [3.63, 3.8) is 0 Å². The zero-order valence-corrected chi connectivity index (χ0v) is 15.8. The van der Waals surface area contributed by atoms with E-state index in [4.69, 9.17) is 18.9 Å². The number of rotatable bonds is 8. The molecule has 0 saturated carbocycles. The van der Waals surface area contributed by atoms with Crippen molar-refractivity contribution in [2.45, 2.75) is 49.5 Å². The third kappa shape index (κ3) is 4.57. The minimum Gasteiger partial charge on any atom is -0.485 e. The maximum absolute atomic E-state index is 12.3. The number of hydrogen-bond donors (Lipinski definition) is 6. The molecule has 0 bridgehead atoms. The second-order valence-electron chi connectivity index (χ2n) is 6.86. The van der Waals surface area contributed by atoms with E-state index in [1.165, 1.54) is 0 Å². The Hall–Kier alpha value is -2.25. The van der Waals surface area contributed by atoms with Gasteiger partial charge in [-0.3, -0.25) is 0 Å². The lowest BCUT2D eigenvalue weighted by Crippen LogP contribution is -2.59. The van der Waals surface area contributed by atoms with Crippen LogP contribution in [0.1, 0.15) is 5.56 Å². The number of aliphatic hydroxyl groups excluding tert-OH is 6. The molecular weight excluding hydrogens is 404 g/mol. The molecule has 0 spiro atoms. The first-order valence-electron chi connectivity index (χ1n) is 9.25. The Labute approximate surface area is 171 Å². The Morgan fingerprint density at radius 2 is 1.73 bits per heavy atom. The van der Waals surface area contributed by atoms with Crippen molar-refractivity contribution < 1.29 is 54.4 Å². The average Bonchev–Trinajstić information content (AvgIpc) is 3.07. The maximum atomic E-state index is 12.3. The third-order valence-corrected chi connectivity index (χ3v) is 4.76. The molecule has 1 fully saturated rings. The number of carbonyl (C=O) groups excluding carboxylic acids is 1. The van der Waals surface area contributed by atoms with E-state index in [0.717, 1.165) is 5.56 Å². The van der Waals surface area contributed by atoms with E-state index < -0.39 is 67.9 Å². The molecule has 0 radical (unpaired) electrons. The molecule has 6 N–H and O–H groups in total. The van der Waals surface area contributed by atoms with E-state index in [0.29, 0.717) is 0 Å². The topological polar surface area (TPSA) is 175 Å². The van der Waals surface area contributed by atoms with Crippen molar-refractivity contribution in [3.8, 4) is 0 Å². The van der Waals surface area contributed by atoms with Gasteiger partial charge in [0.2, 0.25) is 12.0 Å². The fourth-order valence-electron chi connectivity index (χ4n) is 3.07. The van der Waals surface area contributed by atoms with Crippen LogP contribution < -0.4 is 0 Å². The zero-order chi connectivity index (χ0) is 21.8. The van der Waals surface area contributed by atoms with E-state index in [2.05, 4.69) is 0 Å². The number of carbonyl (C=O) groups is 1. The normalized spacial score (nSPS) is 32.7. The van der Waals surface area contributed by atoms with E-state index >= 15 is 0 Å². The fourth-order valence-corrected chi connectivity index (χ4v) is 3.07. The highest BCUT2D eigenvalue weighted by atomic mass is 16.7. The van der Waals surface area contributed by atoms with E-state index in [1.807, 2.05) is 0 Å². The average molecular weight is 428 g/mol. The van der Waals surface area contributed by atoms with E-state index in [1.54, 1.807) is 30.3 Å². The van der Waals surface area contributed by atoms with Crippen LogP contribution in [0.15, 0.2) is 41.9 Å². The predicted octanol–water partition coefficient (Wildman–Crippen LogP) is -2.49. The molecule has 166 valence electrons. The molecule has 7 atom stereocenters. The Morgan fingerprint density at radius 1 is 1.03 bits per heavy atom. The van der Waals surface area contributed by atoms with Crippen LogP contribution in [0.4, 0.5) is 0 Å². The molecule has 2 unspecified atom stereocenters. The highest BCUT2D eigenvalue weighted by molar-refractivity contribution is 5.89. The van der Waals surface area contributed by atoms with Crippen LogP contribution in [-0.2, 0) is 30.3 Å². The Bertz CT molecular complexity index is 750. The van der Waals surface area contributed by atoms with Crippen LogP contribution in [0.25, 0.3) is 0 Å². The van der Waals surface area contributed by atoms with Gasteiger partial charge in [0.25, 0.3) is 0 Å². The van der Waals surface area contributed by atoms with Gasteiger partial charge in [0.1, 0.15) is 37.1 Å². The SMILES string of the molecule is O=C1OC(C(O)CO)C(OCc2ccccc2)=C1O[C@@H]1O[C@H](CO)[C@@H](O)[C@H](O)[C@H]1O. The summed E-state index contributed by atoms with van der Waals surface area (Å²) >= 11 is 0. The van der Waals surface area contributed by atoms with Crippen molar-refractivity contribution in [3.05, 3.63) is 47.4 Å². The highest BCUT2D eigenvalue weighted by Crippen LogP contribution is 2.32. The lowest BCUT2D eigenvalue weighted by atomic mass is 9.99. The fraction of sp³-hybridized carbons (Fsp3) is 0.526. The molecular formula is C19H24O11. The minimum absolute atomic E-state index is 0.0248. The summed E-state index contributed by atoms with van der Waals surface area (Å²) in [6.07, 6.45) is -10.9. The first-order chi connectivity index (χ1) is 14.4. The Morgan fingerprint density at radius 3 is 2.37 bits per heavy atom. The standard InChI is InChI=1S/C19H24O11/c20-6-10(22)15-16(27-8-9-4-2-1-3-5-9)17(18(26)29-15)30-19-14(25)13(24)12(23)11(7-21)28-19/h1-5,10-15,19-25H,6-8H2/t10?,11-,12-,13+,14-,15?,19+/m1/s1. The second kappa shape index (κ2) is 9.71. The zero-order valence-electron chi connectivity index (χ0n) is 15.8. The van der Waals surface area contributed by atoms with Crippen molar-refractivity contribution in [1.82, 2.24) is 0 Å². The van der Waals surface area contributed by atoms with Gasteiger partial charge < -0.3 is 49.6 Å². The number of cyclic esters (lactones) is 1. The summed E-state index contributed by atoms with van der Waals surface area (Å²) in [5.41, 5.74) is 0.730. The largest absolute Gasteiger partial charge is 0.485 e. The second-order valence-corrected chi connectivity index (χ2v) is 6.86. The molecule has 2 heterocycles. The first kappa shape index (κ1) is 22.4. The molecule has 0 aliphatic carbocycles. The molecule has 11 nitrogen and oxygen atoms in total. The van der Waals surface area contributed by atoms with Crippen LogP contribution in [0.2, 0.25) is 0 Å². The summed E-state index contributed by atoms with van der Waals surface area (Å²) in [7, 11) is 0. The van der Waals surface area contributed by atoms with E-state index in [-0.39, 0.29) is 12.4 Å². The van der Waals surface area contributed by atoms with Crippen LogP contribution >= 0.6 is 0 Å². The summed E-state index contributed by atoms with van der Waals surface area (Å²) in [6.45, 7) is -1.44. The van der Waals surface area contributed by atoms with Crippen LogP contribution in [0.3, 0.4) is 0 Å². The molecule has 2 aliphatic heterocycles. The van der Waals surface area contributed by atoms with Gasteiger partial charge in [0.05, 0.1) is 13.2 Å². The number of ether oxygens (including phenoxy) is 4. The lowest BCUT2D eigenvalue weighted by Gasteiger charge is -2.39. The van der Waals surface area contributed by atoms with Gasteiger partial charge in [0, 0.05) is 0 Å². The quantitative estimate of drug-likeness (QED) is 0.242. The predicted molar refractivity (Wildman–Crippen MR) is 96.1 cm³/mol. The van der Waals surface area contributed by atoms with Crippen molar-refractivity contribution >= 4 is 5.97 Å². The highest BCUT2D eigenvalue weighted by Gasteiger charge is 2.48. The van der Waals surface area contributed by atoms with Gasteiger partial charge >= 0.3 is 5.97 Å². The molecule has 3 rings (SSSR count). The molecule has 1 saturated heterocycles. The molecule has 0 aromatic heterocycles. The maximum Gasteiger partial charge on any atom is 0.378 e. The van der Waals surface area contributed by atoms with Gasteiger partial charge in [-0.1, -0.05) is 30.3 Å². The van der Waals surface area contributed by atoms with Gasteiger partial charge in [-0.2, -0.15) is 0 Å². The van der Waals surface area contributed by atoms with Gasteiger partial charge in [-0.05, 0) is 5.56 Å². The Kier molecular flexibility index (Phi) is 7.26. The van der Waals surface area contributed by atoms with E-state index in [9.17, 15) is 35.4 Å².